The molecule has 0 aromatic heterocycles. The third-order valence-electron chi connectivity index (χ3n) is 7.92. The summed E-state index contributed by atoms with van der Waals surface area (Å²) in [7, 11) is 0. The van der Waals surface area contributed by atoms with Crippen LogP contribution in [0.25, 0.3) is 11.1 Å². The number of hydrogen-bond donors (Lipinski definition) is 3. The van der Waals surface area contributed by atoms with Gasteiger partial charge in [-0.3, -0.25) is 9.59 Å². The summed E-state index contributed by atoms with van der Waals surface area (Å²) in [5.41, 5.74) is 3.75. The van der Waals surface area contributed by atoms with E-state index < -0.39 is 23.5 Å². The first-order valence-corrected chi connectivity index (χ1v) is 12.4. The maximum absolute atomic E-state index is 12.8. The van der Waals surface area contributed by atoms with Crippen molar-refractivity contribution in [1.29, 1.82) is 0 Å². The van der Waals surface area contributed by atoms with Gasteiger partial charge in [-0.05, 0) is 67.2 Å². The van der Waals surface area contributed by atoms with Crippen molar-refractivity contribution in [1.82, 2.24) is 10.6 Å². The number of alkyl carbamates (subject to hydrolysis) is 1. The van der Waals surface area contributed by atoms with Crippen LogP contribution in [-0.4, -0.2) is 41.3 Å². The highest BCUT2D eigenvalue weighted by atomic mass is 16.5. The predicted molar refractivity (Wildman–Crippen MR) is 131 cm³/mol. The van der Waals surface area contributed by atoms with Crippen LogP contribution in [0.1, 0.15) is 56.6 Å². The second-order valence-electron chi connectivity index (χ2n) is 10.8. The average molecular weight is 477 g/mol. The van der Waals surface area contributed by atoms with E-state index in [1.165, 1.54) is 0 Å². The molecule has 0 heterocycles. The maximum atomic E-state index is 12.8. The van der Waals surface area contributed by atoms with Gasteiger partial charge >= 0.3 is 12.1 Å². The summed E-state index contributed by atoms with van der Waals surface area (Å²) in [4.78, 5) is 37.2. The van der Waals surface area contributed by atoms with Gasteiger partial charge in [-0.2, -0.15) is 0 Å². The first-order chi connectivity index (χ1) is 16.7. The molecular formula is C28H32N2O5. The van der Waals surface area contributed by atoms with E-state index in [2.05, 4.69) is 34.9 Å². The summed E-state index contributed by atoms with van der Waals surface area (Å²) in [5.74, 6) is -1.27. The minimum Gasteiger partial charge on any atom is -0.481 e. The van der Waals surface area contributed by atoms with Crippen LogP contribution in [0.3, 0.4) is 0 Å². The predicted octanol–water partition coefficient (Wildman–Crippen LogP) is 4.31. The fourth-order valence-electron chi connectivity index (χ4n) is 6.45. The highest BCUT2D eigenvalue weighted by Crippen LogP contribution is 2.48. The van der Waals surface area contributed by atoms with Gasteiger partial charge in [-0.25, -0.2) is 4.79 Å². The Morgan fingerprint density at radius 2 is 1.57 bits per heavy atom. The lowest BCUT2D eigenvalue weighted by Crippen LogP contribution is -2.51. The van der Waals surface area contributed by atoms with Gasteiger partial charge in [0.15, 0.2) is 0 Å². The van der Waals surface area contributed by atoms with E-state index >= 15 is 0 Å². The zero-order valence-corrected chi connectivity index (χ0v) is 20.1. The molecule has 184 valence electrons. The van der Waals surface area contributed by atoms with Gasteiger partial charge in [-0.1, -0.05) is 48.5 Å². The molecule has 7 nitrogen and oxygen atoms in total. The van der Waals surface area contributed by atoms with Gasteiger partial charge in [0.25, 0.3) is 0 Å². The number of aliphatic carboxylic acids is 1. The summed E-state index contributed by atoms with van der Waals surface area (Å²) < 4.78 is 5.62. The van der Waals surface area contributed by atoms with Gasteiger partial charge < -0.3 is 20.5 Å². The molecule has 3 N–H and O–H groups in total. The number of rotatable bonds is 7. The van der Waals surface area contributed by atoms with Crippen LogP contribution in [0, 0.1) is 17.8 Å². The molecule has 0 aliphatic heterocycles. The molecule has 7 heteroatoms. The van der Waals surface area contributed by atoms with E-state index in [1.54, 1.807) is 13.8 Å². The molecule has 2 amide bonds. The van der Waals surface area contributed by atoms with E-state index in [-0.39, 0.29) is 42.7 Å². The molecule has 2 bridgehead atoms. The first kappa shape index (κ1) is 23.4. The average Bonchev–Trinajstić information content (AvgIpc) is 3.49. The van der Waals surface area contributed by atoms with Crippen LogP contribution in [0.4, 0.5) is 4.79 Å². The minimum atomic E-state index is -0.844. The molecule has 3 aliphatic rings. The molecule has 5 rings (SSSR count). The van der Waals surface area contributed by atoms with Crippen LogP contribution < -0.4 is 10.6 Å². The smallest absolute Gasteiger partial charge is 0.407 e. The Labute approximate surface area is 205 Å². The van der Waals surface area contributed by atoms with Crippen molar-refractivity contribution in [2.45, 2.75) is 57.0 Å². The summed E-state index contributed by atoms with van der Waals surface area (Å²) in [6, 6.07) is 16.0. The van der Waals surface area contributed by atoms with E-state index in [9.17, 15) is 19.5 Å². The largest absolute Gasteiger partial charge is 0.481 e. The fourth-order valence-corrected chi connectivity index (χ4v) is 6.45. The molecule has 0 spiro atoms. The van der Waals surface area contributed by atoms with Gasteiger partial charge in [0.05, 0.1) is 5.92 Å². The molecule has 4 atom stereocenters. The summed E-state index contributed by atoms with van der Waals surface area (Å²) in [5, 5.41) is 15.4. The summed E-state index contributed by atoms with van der Waals surface area (Å²) >= 11 is 0. The number of carbonyl (C=O) groups is 3. The molecule has 2 saturated carbocycles. The quantitative estimate of drug-likeness (QED) is 0.552. The van der Waals surface area contributed by atoms with E-state index in [1.807, 2.05) is 24.3 Å². The third kappa shape index (κ3) is 4.51. The third-order valence-corrected chi connectivity index (χ3v) is 7.92. The number of fused-ring (bicyclic) bond motifs is 5. The lowest BCUT2D eigenvalue weighted by atomic mass is 9.84. The second-order valence-corrected chi connectivity index (χ2v) is 10.8. The Balaban J connectivity index is 1.17. The van der Waals surface area contributed by atoms with Crippen LogP contribution in [0.5, 0.6) is 0 Å². The molecule has 0 radical (unpaired) electrons. The zero-order chi connectivity index (χ0) is 24.7. The highest BCUT2D eigenvalue weighted by molar-refractivity contribution is 5.81. The number of carbonyl (C=O) groups excluding carboxylic acids is 2. The monoisotopic (exact) mass is 476 g/mol. The van der Waals surface area contributed by atoms with Crippen molar-refractivity contribution in [3.8, 4) is 11.1 Å². The van der Waals surface area contributed by atoms with Crippen LogP contribution in [-0.2, 0) is 14.3 Å². The van der Waals surface area contributed by atoms with E-state index in [4.69, 9.17) is 4.74 Å². The Morgan fingerprint density at radius 3 is 2.20 bits per heavy atom. The fraction of sp³-hybridized carbons (Fsp3) is 0.464. The van der Waals surface area contributed by atoms with E-state index in [0.717, 1.165) is 41.5 Å². The van der Waals surface area contributed by atoms with Gasteiger partial charge in [0.1, 0.15) is 6.61 Å². The van der Waals surface area contributed by atoms with Gasteiger partial charge in [0, 0.05) is 23.9 Å². The van der Waals surface area contributed by atoms with Crippen molar-refractivity contribution < 1.29 is 24.2 Å². The Hall–Kier alpha value is -3.35. The SMILES string of the molecule is CC(C)(CC(=O)NC1C2CCC(C2)C1C(=O)O)NC(=O)OCC1c2ccccc2-c2ccccc21. The Bertz CT molecular complexity index is 1110. The summed E-state index contributed by atoms with van der Waals surface area (Å²) in [6.07, 6.45) is 2.21. The topological polar surface area (TPSA) is 105 Å². The van der Waals surface area contributed by atoms with Crippen LogP contribution >= 0.6 is 0 Å². The molecular weight excluding hydrogens is 444 g/mol. The standard InChI is InChI=1S/C28H32N2O5/c1-28(2,14-23(31)29-25-17-12-11-16(13-17)24(25)26(32)33)30-27(34)35-15-22-20-9-5-3-7-18(20)19-8-4-6-10-21(19)22/h3-10,16-17,22,24-25H,11-15H2,1-2H3,(H,29,31)(H,30,34)(H,32,33). The van der Waals surface area contributed by atoms with Gasteiger partial charge in [0.2, 0.25) is 5.91 Å². The van der Waals surface area contributed by atoms with Crippen molar-refractivity contribution in [2.75, 3.05) is 6.61 Å². The normalized spacial score (nSPS) is 24.5. The zero-order valence-electron chi connectivity index (χ0n) is 20.1. The van der Waals surface area contributed by atoms with Gasteiger partial charge in [-0.15, -0.1) is 0 Å². The van der Waals surface area contributed by atoms with Crippen molar-refractivity contribution >= 4 is 18.0 Å². The molecule has 0 saturated heterocycles. The second kappa shape index (κ2) is 9.02. The molecule has 2 aromatic rings. The first-order valence-electron chi connectivity index (χ1n) is 12.4. The molecule has 4 unspecified atom stereocenters. The molecule has 2 aromatic carbocycles. The number of benzene rings is 2. The number of carboxylic acids is 1. The van der Waals surface area contributed by atoms with Crippen LogP contribution in [0.15, 0.2) is 48.5 Å². The Morgan fingerprint density at radius 1 is 0.971 bits per heavy atom. The minimum absolute atomic E-state index is 0.0368. The molecule has 3 aliphatic carbocycles. The van der Waals surface area contributed by atoms with Crippen molar-refractivity contribution in [3.05, 3.63) is 59.7 Å². The molecule has 2 fully saturated rings. The number of ether oxygens (including phenoxy) is 1. The van der Waals surface area contributed by atoms with Crippen molar-refractivity contribution in [3.63, 3.8) is 0 Å². The number of amides is 2. The number of hydrogen-bond acceptors (Lipinski definition) is 4. The van der Waals surface area contributed by atoms with Crippen molar-refractivity contribution in [2.24, 2.45) is 17.8 Å². The number of nitrogens with one attached hydrogen (secondary N) is 2. The molecule has 35 heavy (non-hydrogen) atoms. The maximum Gasteiger partial charge on any atom is 0.407 e. The lowest BCUT2D eigenvalue weighted by Gasteiger charge is -2.31. The number of carboxylic acid groups (broad SMARTS) is 1. The highest BCUT2D eigenvalue weighted by Gasteiger charge is 2.51. The summed E-state index contributed by atoms with van der Waals surface area (Å²) in [6.45, 7) is 3.74. The van der Waals surface area contributed by atoms with E-state index in [0.29, 0.717) is 0 Å². The van der Waals surface area contributed by atoms with Crippen LogP contribution in [0.2, 0.25) is 0 Å². The lowest BCUT2D eigenvalue weighted by molar-refractivity contribution is -0.144. The Kier molecular flexibility index (Phi) is 6.03.